The maximum atomic E-state index is 12.4. The first kappa shape index (κ1) is 19.8. The fourth-order valence-electron chi connectivity index (χ4n) is 3.02. The molecule has 3 aromatic carbocycles. The highest BCUT2D eigenvalue weighted by atomic mass is 32.2. The van der Waals surface area contributed by atoms with Gasteiger partial charge in [-0.25, -0.2) is 4.98 Å². The van der Waals surface area contributed by atoms with Gasteiger partial charge in [0.1, 0.15) is 16.6 Å². The van der Waals surface area contributed by atoms with Gasteiger partial charge in [0.2, 0.25) is 5.91 Å². The molecule has 0 aliphatic heterocycles. The van der Waals surface area contributed by atoms with E-state index in [1.807, 2.05) is 84.9 Å². The molecule has 1 amide bonds. The predicted octanol–water partition coefficient (Wildman–Crippen LogP) is 5.48. The first-order valence-corrected chi connectivity index (χ1v) is 10.5. The van der Waals surface area contributed by atoms with E-state index < -0.39 is 0 Å². The summed E-state index contributed by atoms with van der Waals surface area (Å²) >= 11 is 1.41. The number of anilines is 1. The number of H-pyrrole nitrogens is 1. The molecule has 5 nitrogen and oxygen atoms in total. The second-order valence-corrected chi connectivity index (χ2v) is 7.53. The van der Waals surface area contributed by atoms with Gasteiger partial charge in [0.25, 0.3) is 0 Å². The third-order valence-corrected chi connectivity index (χ3v) is 5.45. The Bertz CT molecular complexity index is 1130. The van der Waals surface area contributed by atoms with E-state index in [4.69, 9.17) is 9.72 Å². The van der Waals surface area contributed by atoms with Crippen LogP contribution in [-0.4, -0.2) is 28.7 Å². The van der Waals surface area contributed by atoms with Gasteiger partial charge in [-0.05, 0) is 24.3 Å². The molecule has 30 heavy (non-hydrogen) atoms. The lowest BCUT2D eigenvalue weighted by Crippen LogP contribution is -2.13. The second-order valence-electron chi connectivity index (χ2n) is 6.57. The highest BCUT2D eigenvalue weighted by Gasteiger charge is 2.16. The Labute approximate surface area is 179 Å². The number of para-hydroxylation sites is 1. The molecule has 4 aromatic rings. The minimum atomic E-state index is -0.0730. The molecule has 150 valence electrons. The number of aromatic nitrogens is 2. The van der Waals surface area contributed by atoms with Crippen LogP contribution < -0.4 is 10.1 Å². The second kappa shape index (κ2) is 9.33. The summed E-state index contributed by atoms with van der Waals surface area (Å²) in [5.41, 5.74) is 3.62. The van der Waals surface area contributed by atoms with Crippen molar-refractivity contribution in [2.45, 2.75) is 5.03 Å². The fourth-order valence-corrected chi connectivity index (χ4v) is 3.83. The highest BCUT2D eigenvalue weighted by molar-refractivity contribution is 8.00. The van der Waals surface area contributed by atoms with Gasteiger partial charge in [-0.15, -0.1) is 0 Å². The van der Waals surface area contributed by atoms with Crippen LogP contribution in [0.5, 0.6) is 5.75 Å². The van der Waals surface area contributed by atoms with E-state index in [-0.39, 0.29) is 11.7 Å². The van der Waals surface area contributed by atoms with Gasteiger partial charge in [-0.3, -0.25) is 4.79 Å². The van der Waals surface area contributed by atoms with Crippen molar-refractivity contribution in [2.75, 3.05) is 18.2 Å². The third-order valence-electron chi connectivity index (χ3n) is 4.47. The van der Waals surface area contributed by atoms with Crippen molar-refractivity contribution < 1.29 is 9.53 Å². The van der Waals surface area contributed by atoms with Crippen molar-refractivity contribution in [1.82, 2.24) is 9.97 Å². The number of carbonyl (C=O) groups is 1. The number of thioether (sulfide) groups is 1. The van der Waals surface area contributed by atoms with Gasteiger partial charge >= 0.3 is 0 Å². The van der Waals surface area contributed by atoms with Gasteiger partial charge in [0.05, 0.1) is 18.6 Å². The lowest BCUT2D eigenvalue weighted by molar-refractivity contribution is -0.113. The summed E-state index contributed by atoms with van der Waals surface area (Å²) in [5.74, 6) is 1.69. The Morgan fingerprint density at radius 3 is 2.40 bits per heavy atom. The normalized spacial score (nSPS) is 10.6. The van der Waals surface area contributed by atoms with Crippen molar-refractivity contribution in [1.29, 1.82) is 0 Å². The molecule has 6 heteroatoms. The van der Waals surface area contributed by atoms with E-state index in [9.17, 15) is 4.79 Å². The van der Waals surface area contributed by atoms with Gasteiger partial charge in [-0.2, -0.15) is 0 Å². The Hall–Kier alpha value is -3.51. The lowest BCUT2D eigenvalue weighted by atomic mass is 10.2. The molecule has 1 aromatic heterocycles. The summed E-state index contributed by atoms with van der Waals surface area (Å²) in [7, 11) is 1.64. The first-order valence-electron chi connectivity index (χ1n) is 9.50. The minimum absolute atomic E-state index is 0.0730. The summed E-state index contributed by atoms with van der Waals surface area (Å²) in [5, 5.41) is 3.69. The molecule has 1 heterocycles. The average molecular weight is 416 g/mol. The Balaban J connectivity index is 1.59. The van der Waals surface area contributed by atoms with Crippen molar-refractivity contribution in [3.8, 4) is 28.4 Å². The number of benzene rings is 3. The number of ether oxygens (including phenoxy) is 1. The average Bonchev–Trinajstić information content (AvgIpc) is 3.23. The quantitative estimate of drug-likeness (QED) is 0.392. The molecule has 0 aliphatic carbocycles. The molecular weight excluding hydrogens is 394 g/mol. The van der Waals surface area contributed by atoms with Gasteiger partial charge < -0.3 is 15.0 Å². The summed E-state index contributed by atoms with van der Waals surface area (Å²) in [6.45, 7) is 0. The van der Waals surface area contributed by atoms with Gasteiger partial charge in [0.15, 0.2) is 0 Å². The Kier molecular flexibility index (Phi) is 6.15. The monoisotopic (exact) mass is 415 g/mol. The van der Waals surface area contributed by atoms with Crippen LogP contribution in [0, 0.1) is 0 Å². The molecule has 0 fully saturated rings. The van der Waals surface area contributed by atoms with E-state index in [1.165, 1.54) is 11.8 Å². The molecule has 0 radical (unpaired) electrons. The van der Waals surface area contributed by atoms with Crippen molar-refractivity contribution in [3.05, 3.63) is 84.9 Å². The molecule has 0 spiro atoms. The van der Waals surface area contributed by atoms with Crippen molar-refractivity contribution in [2.24, 2.45) is 0 Å². The number of hydrogen-bond donors (Lipinski definition) is 2. The maximum absolute atomic E-state index is 12.4. The Morgan fingerprint density at radius 2 is 1.67 bits per heavy atom. The van der Waals surface area contributed by atoms with Crippen LogP contribution in [-0.2, 0) is 4.79 Å². The smallest absolute Gasteiger partial charge is 0.234 e. The third kappa shape index (κ3) is 4.72. The summed E-state index contributed by atoms with van der Waals surface area (Å²) in [4.78, 5) is 20.6. The van der Waals surface area contributed by atoms with Crippen LogP contribution in [0.2, 0.25) is 0 Å². The maximum Gasteiger partial charge on any atom is 0.234 e. The molecule has 0 aliphatic rings. The van der Waals surface area contributed by atoms with E-state index in [0.29, 0.717) is 0 Å². The van der Waals surface area contributed by atoms with Crippen LogP contribution >= 0.6 is 11.8 Å². The number of imidazole rings is 1. The topological polar surface area (TPSA) is 67.0 Å². The van der Waals surface area contributed by atoms with E-state index >= 15 is 0 Å². The van der Waals surface area contributed by atoms with Gasteiger partial charge in [-0.1, -0.05) is 72.4 Å². The zero-order valence-corrected chi connectivity index (χ0v) is 17.3. The number of amides is 1. The molecule has 0 atom stereocenters. The number of hydrogen-bond acceptors (Lipinski definition) is 4. The molecular formula is C24H21N3O2S. The zero-order valence-electron chi connectivity index (χ0n) is 16.5. The van der Waals surface area contributed by atoms with Gasteiger partial charge in [0, 0.05) is 16.8 Å². The van der Waals surface area contributed by atoms with Crippen LogP contribution in [0.15, 0.2) is 90.0 Å². The lowest BCUT2D eigenvalue weighted by Gasteiger charge is -2.05. The molecule has 2 N–H and O–H groups in total. The van der Waals surface area contributed by atoms with Crippen LogP contribution in [0.3, 0.4) is 0 Å². The molecule has 4 rings (SSSR count). The highest BCUT2D eigenvalue weighted by Crippen LogP contribution is 2.33. The number of methoxy groups -OCH3 is 1. The summed E-state index contributed by atoms with van der Waals surface area (Å²) < 4.78 is 5.33. The standard InChI is InChI=1S/C24H21N3O2S/c1-29-20-14-8-11-18(15-20)23-26-22(17-9-4-2-5-10-17)24(27-23)30-16-21(28)25-19-12-6-3-7-13-19/h2-15H,16H2,1H3,(H,25,28)(H,26,27). The number of aromatic amines is 1. The number of nitrogens with one attached hydrogen (secondary N) is 2. The predicted molar refractivity (Wildman–Crippen MR) is 122 cm³/mol. The number of rotatable bonds is 7. The number of carbonyl (C=O) groups excluding carboxylic acids is 1. The first-order chi connectivity index (χ1) is 14.7. The van der Waals surface area contributed by atoms with Crippen LogP contribution in [0.25, 0.3) is 22.6 Å². The molecule has 0 bridgehead atoms. The van der Waals surface area contributed by atoms with E-state index in [0.717, 1.165) is 39.1 Å². The zero-order chi connectivity index (χ0) is 20.8. The summed E-state index contributed by atoms with van der Waals surface area (Å²) in [6, 6.07) is 27.2. The van der Waals surface area contributed by atoms with Crippen molar-refractivity contribution >= 4 is 23.4 Å². The van der Waals surface area contributed by atoms with Crippen molar-refractivity contribution in [3.63, 3.8) is 0 Å². The molecule has 0 unspecified atom stereocenters. The SMILES string of the molecule is COc1cccc(-c2nc(SCC(=O)Nc3ccccc3)c(-c3ccccc3)[nH]2)c1. The van der Waals surface area contributed by atoms with E-state index in [2.05, 4.69) is 10.3 Å². The largest absolute Gasteiger partial charge is 0.497 e. The van der Waals surface area contributed by atoms with Crippen LogP contribution in [0.1, 0.15) is 0 Å². The minimum Gasteiger partial charge on any atom is -0.497 e. The van der Waals surface area contributed by atoms with Crippen LogP contribution in [0.4, 0.5) is 5.69 Å². The fraction of sp³-hybridized carbons (Fsp3) is 0.0833. The Morgan fingerprint density at radius 1 is 0.967 bits per heavy atom. The number of nitrogens with zero attached hydrogens (tertiary/aromatic N) is 1. The summed E-state index contributed by atoms with van der Waals surface area (Å²) in [6.07, 6.45) is 0. The molecule has 0 saturated heterocycles. The van der Waals surface area contributed by atoms with E-state index in [1.54, 1.807) is 7.11 Å². The molecule has 0 saturated carbocycles.